The van der Waals surface area contributed by atoms with Gasteiger partial charge in [-0.05, 0) is 0 Å². The summed E-state index contributed by atoms with van der Waals surface area (Å²) >= 11 is 1.38. The van der Waals surface area contributed by atoms with Gasteiger partial charge in [0.15, 0.2) is 0 Å². The predicted molar refractivity (Wildman–Crippen MR) is 39.1 cm³/mol. The van der Waals surface area contributed by atoms with Crippen molar-refractivity contribution in [1.29, 1.82) is 0 Å². The summed E-state index contributed by atoms with van der Waals surface area (Å²) in [6.07, 6.45) is 0.522. The van der Waals surface area contributed by atoms with Crippen molar-refractivity contribution in [2.24, 2.45) is 0 Å². The molecule has 0 aromatic carbocycles. The van der Waals surface area contributed by atoms with E-state index in [0.717, 1.165) is 0 Å². The lowest BCUT2D eigenvalue weighted by Gasteiger charge is -2.32. The van der Waals surface area contributed by atoms with Crippen LogP contribution in [0.25, 0.3) is 0 Å². The third-order valence-corrected chi connectivity index (χ3v) is 3.39. The molecule has 2 heterocycles. The minimum Gasteiger partial charge on any atom is -0.480 e. The summed E-state index contributed by atoms with van der Waals surface area (Å²) < 4.78 is 0. The smallest absolute Gasteiger partial charge is 0.318 e. The second-order valence-electron chi connectivity index (χ2n) is 2.67. The van der Waals surface area contributed by atoms with Gasteiger partial charge < -0.3 is 10.0 Å². The first-order valence-electron chi connectivity index (χ1n) is 3.36. The van der Waals surface area contributed by atoms with E-state index in [2.05, 4.69) is 0 Å². The second-order valence-corrected chi connectivity index (χ2v) is 4.05. The molecule has 60 valence electrons. The summed E-state index contributed by atoms with van der Waals surface area (Å²) in [5.41, 5.74) is 0. The van der Waals surface area contributed by atoms with Crippen LogP contribution in [0.2, 0.25) is 0 Å². The van der Waals surface area contributed by atoms with E-state index in [9.17, 15) is 9.59 Å². The van der Waals surface area contributed by atoms with Crippen LogP contribution in [0, 0.1) is 0 Å². The Hall–Kier alpha value is -0.710. The Kier molecular flexibility index (Phi) is 1.35. The van der Waals surface area contributed by atoms with Crippen LogP contribution in [0.1, 0.15) is 6.42 Å². The third kappa shape index (κ3) is 0.910. The molecule has 0 saturated carbocycles. The van der Waals surface area contributed by atoms with Crippen LogP contribution < -0.4 is 0 Å². The van der Waals surface area contributed by atoms with E-state index in [4.69, 9.17) is 5.11 Å². The molecule has 1 amide bonds. The van der Waals surface area contributed by atoms with Crippen molar-refractivity contribution in [2.75, 3.05) is 6.54 Å². The molecule has 0 aliphatic carbocycles. The molecule has 5 heteroatoms. The maximum atomic E-state index is 10.8. The molecule has 4 nitrogen and oxygen atoms in total. The van der Waals surface area contributed by atoms with Crippen LogP contribution in [-0.2, 0) is 9.59 Å². The second kappa shape index (κ2) is 2.14. The van der Waals surface area contributed by atoms with Crippen LogP contribution in [0.5, 0.6) is 0 Å². The topological polar surface area (TPSA) is 57.6 Å². The fourth-order valence-electron chi connectivity index (χ4n) is 1.31. The molecule has 2 aliphatic rings. The highest BCUT2D eigenvalue weighted by Crippen LogP contribution is 2.39. The Morgan fingerprint density at radius 2 is 2.45 bits per heavy atom. The molecular weight excluding hydrogens is 166 g/mol. The zero-order valence-electron chi connectivity index (χ0n) is 5.69. The highest BCUT2D eigenvalue weighted by molar-refractivity contribution is 8.01. The van der Waals surface area contributed by atoms with Gasteiger partial charge >= 0.3 is 5.97 Å². The van der Waals surface area contributed by atoms with E-state index < -0.39 is 11.2 Å². The first kappa shape index (κ1) is 6.97. The van der Waals surface area contributed by atoms with E-state index in [1.165, 1.54) is 11.8 Å². The molecule has 0 bridgehead atoms. The number of thioether (sulfide) groups is 1. The molecule has 2 atom stereocenters. The number of carbonyl (C=O) groups excluding carboxylic acids is 1. The standard InChI is InChI=1S/C6H7NO3S/c8-4-1-5-7(4)2-3(11-5)6(9)10/h3,5H,1-2H2,(H,9,10). The quantitative estimate of drug-likeness (QED) is 0.555. The summed E-state index contributed by atoms with van der Waals surface area (Å²) in [4.78, 5) is 22.9. The van der Waals surface area contributed by atoms with Gasteiger partial charge in [0.05, 0.1) is 11.8 Å². The Bertz CT molecular complexity index is 230. The molecule has 0 radical (unpaired) electrons. The molecule has 2 aliphatic heterocycles. The van der Waals surface area contributed by atoms with Crippen LogP contribution >= 0.6 is 11.8 Å². The van der Waals surface area contributed by atoms with Gasteiger partial charge in [0.2, 0.25) is 5.91 Å². The van der Waals surface area contributed by atoms with Gasteiger partial charge in [0, 0.05) is 6.54 Å². The lowest BCUT2D eigenvalue weighted by Crippen LogP contribution is -2.47. The number of carboxylic acid groups (broad SMARTS) is 1. The van der Waals surface area contributed by atoms with Crippen molar-refractivity contribution in [3.8, 4) is 0 Å². The first-order chi connectivity index (χ1) is 5.18. The molecule has 2 rings (SSSR count). The number of nitrogens with zero attached hydrogens (tertiary/aromatic N) is 1. The number of hydrogen-bond donors (Lipinski definition) is 1. The third-order valence-electron chi connectivity index (χ3n) is 1.98. The fraction of sp³-hybridized carbons (Fsp3) is 0.667. The molecule has 2 unspecified atom stereocenters. The number of β-lactam (4-membered cyclic amide) rings is 1. The fourth-order valence-corrected chi connectivity index (χ4v) is 2.65. The first-order valence-corrected chi connectivity index (χ1v) is 4.30. The Morgan fingerprint density at radius 1 is 1.73 bits per heavy atom. The molecule has 1 N–H and O–H groups in total. The Labute approximate surface area is 67.6 Å². The zero-order valence-corrected chi connectivity index (χ0v) is 6.50. The lowest BCUT2D eigenvalue weighted by molar-refractivity contribution is -0.141. The van der Waals surface area contributed by atoms with Gasteiger partial charge in [0.25, 0.3) is 0 Å². The average Bonchev–Trinajstić information content (AvgIpc) is 2.26. The highest BCUT2D eigenvalue weighted by atomic mass is 32.2. The number of aliphatic carboxylic acids is 1. The summed E-state index contributed by atoms with van der Waals surface area (Å²) in [6.45, 7) is 0.392. The SMILES string of the molecule is O=C(O)C1CN2C(=O)CC2S1. The van der Waals surface area contributed by atoms with Gasteiger partial charge in [-0.15, -0.1) is 11.8 Å². The predicted octanol–water partition coefficient (Wildman–Crippen LogP) is -0.255. The van der Waals surface area contributed by atoms with E-state index in [1.807, 2.05) is 0 Å². The summed E-state index contributed by atoms with van der Waals surface area (Å²) in [5.74, 6) is -0.719. The highest BCUT2D eigenvalue weighted by Gasteiger charge is 2.46. The van der Waals surface area contributed by atoms with Gasteiger partial charge in [-0.3, -0.25) is 9.59 Å². The minimum absolute atomic E-state index is 0.0891. The van der Waals surface area contributed by atoms with Gasteiger partial charge in [-0.1, -0.05) is 0 Å². The number of carboxylic acids is 1. The number of carbonyl (C=O) groups is 2. The largest absolute Gasteiger partial charge is 0.480 e. The number of rotatable bonds is 1. The minimum atomic E-state index is -0.808. The van der Waals surface area contributed by atoms with Crippen LogP contribution in [-0.4, -0.2) is 39.1 Å². The van der Waals surface area contributed by atoms with Crippen LogP contribution in [0.15, 0.2) is 0 Å². The summed E-state index contributed by atoms with van der Waals surface area (Å²) in [6, 6.07) is 0. The molecule has 2 fully saturated rings. The van der Waals surface area contributed by atoms with Gasteiger partial charge in [-0.25, -0.2) is 0 Å². The molecule has 11 heavy (non-hydrogen) atoms. The van der Waals surface area contributed by atoms with Crippen molar-refractivity contribution in [2.45, 2.75) is 17.0 Å². The molecule has 0 spiro atoms. The van der Waals surface area contributed by atoms with E-state index >= 15 is 0 Å². The van der Waals surface area contributed by atoms with E-state index in [-0.39, 0.29) is 11.3 Å². The van der Waals surface area contributed by atoms with Crippen LogP contribution in [0.3, 0.4) is 0 Å². The van der Waals surface area contributed by atoms with E-state index in [0.29, 0.717) is 13.0 Å². The molecule has 0 aromatic rings. The van der Waals surface area contributed by atoms with Crippen LogP contribution in [0.4, 0.5) is 0 Å². The molecular formula is C6H7NO3S. The Morgan fingerprint density at radius 3 is 2.91 bits per heavy atom. The molecule has 2 saturated heterocycles. The van der Waals surface area contributed by atoms with E-state index in [1.54, 1.807) is 4.90 Å². The number of hydrogen-bond acceptors (Lipinski definition) is 3. The van der Waals surface area contributed by atoms with Crippen molar-refractivity contribution >= 4 is 23.6 Å². The summed E-state index contributed by atoms with van der Waals surface area (Å²) in [7, 11) is 0. The number of fused-ring (bicyclic) bond motifs is 1. The number of amides is 1. The van der Waals surface area contributed by atoms with Gasteiger partial charge in [-0.2, -0.15) is 0 Å². The monoisotopic (exact) mass is 173 g/mol. The summed E-state index contributed by atoms with van der Waals surface area (Å²) in [5, 5.41) is 8.36. The van der Waals surface area contributed by atoms with Crippen molar-refractivity contribution in [3.63, 3.8) is 0 Å². The zero-order chi connectivity index (χ0) is 8.01. The van der Waals surface area contributed by atoms with Crippen molar-refractivity contribution < 1.29 is 14.7 Å². The van der Waals surface area contributed by atoms with Gasteiger partial charge in [0.1, 0.15) is 5.25 Å². The average molecular weight is 173 g/mol. The maximum Gasteiger partial charge on any atom is 0.318 e. The van der Waals surface area contributed by atoms with Crippen molar-refractivity contribution in [3.05, 3.63) is 0 Å². The Balaban J connectivity index is 2.04. The lowest BCUT2D eigenvalue weighted by atomic mass is 10.2. The maximum absolute atomic E-state index is 10.8. The van der Waals surface area contributed by atoms with Crippen molar-refractivity contribution in [1.82, 2.24) is 4.90 Å². The molecule has 0 aromatic heterocycles. The normalized spacial score (nSPS) is 34.9.